The van der Waals surface area contributed by atoms with Crippen LogP contribution in [0.4, 0.5) is 0 Å². The molecule has 3 N–H and O–H groups in total. The average molecular weight is 238 g/mol. The van der Waals surface area contributed by atoms with Gasteiger partial charge in [-0.1, -0.05) is 6.92 Å². The van der Waals surface area contributed by atoms with Gasteiger partial charge in [-0.05, 0) is 19.8 Å². The number of aryl methyl sites for hydroxylation is 1. The second-order valence-electron chi connectivity index (χ2n) is 4.45. The van der Waals surface area contributed by atoms with Gasteiger partial charge in [-0.25, -0.2) is 4.98 Å². The smallest absolute Gasteiger partial charge is 0.224 e. The first-order chi connectivity index (χ1) is 8.11. The summed E-state index contributed by atoms with van der Waals surface area (Å²) in [6, 6.07) is -0.0963. The lowest BCUT2D eigenvalue weighted by Gasteiger charge is -2.15. The normalized spacial score (nSPS) is 14.3. The van der Waals surface area contributed by atoms with Crippen molar-refractivity contribution < 1.29 is 4.79 Å². The molecule has 0 saturated heterocycles. The maximum Gasteiger partial charge on any atom is 0.224 e. The van der Waals surface area contributed by atoms with Gasteiger partial charge in [-0.15, -0.1) is 0 Å². The molecule has 1 aromatic rings. The zero-order chi connectivity index (χ0) is 12.7. The summed E-state index contributed by atoms with van der Waals surface area (Å²) in [6.45, 7) is 5.36. The van der Waals surface area contributed by atoms with Crippen LogP contribution in [0.2, 0.25) is 0 Å². The van der Waals surface area contributed by atoms with E-state index in [1.807, 2.05) is 24.6 Å². The van der Waals surface area contributed by atoms with Gasteiger partial charge in [0.05, 0.1) is 6.33 Å². The largest absolute Gasteiger partial charge is 0.356 e. The second kappa shape index (κ2) is 7.06. The van der Waals surface area contributed by atoms with Gasteiger partial charge in [0.2, 0.25) is 5.91 Å². The second-order valence-corrected chi connectivity index (χ2v) is 4.45. The van der Waals surface area contributed by atoms with Crippen molar-refractivity contribution in [3.05, 3.63) is 18.7 Å². The van der Waals surface area contributed by atoms with Gasteiger partial charge in [0, 0.05) is 37.4 Å². The molecule has 0 bridgehead atoms. The molecular weight excluding hydrogens is 216 g/mol. The van der Waals surface area contributed by atoms with Crippen molar-refractivity contribution in [2.45, 2.75) is 39.3 Å². The highest BCUT2D eigenvalue weighted by atomic mass is 16.1. The van der Waals surface area contributed by atoms with Crippen LogP contribution in [0.25, 0.3) is 0 Å². The average Bonchev–Trinajstić information content (AvgIpc) is 2.80. The summed E-state index contributed by atoms with van der Waals surface area (Å²) in [6.07, 6.45) is 7.51. The van der Waals surface area contributed by atoms with E-state index in [4.69, 9.17) is 5.73 Å². The van der Waals surface area contributed by atoms with Gasteiger partial charge >= 0.3 is 0 Å². The van der Waals surface area contributed by atoms with Gasteiger partial charge in [-0.3, -0.25) is 4.79 Å². The lowest BCUT2D eigenvalue weighted by molar-refractivity contribution is -0.124. The molecule has 0 radical (unpaired) electrons. The predicted molar refractivity (Wildman–Crippen MR) is 67.3 cm³/mol. The highest BCUT2D eigenvalue weighted by Crippen LogP contribution is 2.00. The van der Waals surface area contributed by atoms with Gasteiger partial charge in [0.1, 0.15) is 0 Å². The number of carbonyl (C=O) groups is 1. The van der Waals surface area contributed by atoms with E-state index >= 15 is 0 Å². The van der Waals surface area contributed by atoms with Gasteiger partial charge in [0.15, 0.2) is 0 Å². The Hall–Kier alpha value is -1.36. The third-order valence-electron chi connectivity index (χ3n) is 2.90. The standard InChI is InChI=1S/C12H22N4O/c1-10(11(2)13)12(17)15-5-3-4-7-16-8-6-14-9-16/h6,8-11H,3-5,7,13H2,1-2H3,(H,15,17). The van der Waals surface area contributed by atoms with Crippen molar-refractivity contribution in [2.75, 3.05) is 6.54 Å². The van der Waals surface area contributed by atoms with Crippen LogP contribution in [0.3, 0.4) is 0 Å². The SMILES string of the molecule is CC(N)C(C)C(=O)NCCCCn1ccnc1. The molecule has 5 nitrogen and oxygen atoms in total. The molecule has 1 rings (SSSR count). The molecule has 5 heteroatoms. The Labute approximate surface area is 102 Å². The van der Waals surface area contributed by atoms with Crippen molar-refractivity contribution >= 4 is 5.91 Å². The number of hydrogen-bond acceptors (Lipinski definition) is 3. The number of amides is 1. The van der Waals surface area contributed by atoms with E-state index in [1.54, 1.807) is 12.5 Å². The van der Waals surface area contributed by atoms with Gasteiger partial charge < -0.3 is 15.6 Å². The fourth-order valence-corrected chi connectivity index (χ4v) is 1.45. The monoisotopic (exact) mass is 238 g/mol. The Balaban J connectivity index is 2.06. The van der Waals surface area contributed by atoms with Crippen molar-refractivity contribution in [2.24, 2.45) is 11.7 Å². The molecule has 0 aromatic carbocycles. The first-order valence-electron chi connectivity index (χ1n) is 6.10. The molecule has 0 saturated carbocycles. The summed E-state index contributed by atoms with van der Waals surface area (Å²) in [5.41, 5.74) is 5.66. The minimum absolute atomic E-state index is 0.0441. The summed E-state index contributed by atoms with van der Waals surface area (Å²) < 4.78 is 2.03. The lowest BCUT2D eigenvalue weighted by Crippen LogP contribution is -2.38. The molecule has 1 amide bonds. The Morgan fingerprint density at radius 2 is 2.24 bits per heavy atom. The lowest BCUT2D eigenvalue weighted by atomic mass is 10.0. The van der Waals surface area contributed by atoms with Crippen LogP contribution >= 0.6 is 0 Å². The Morgan fingerprint density at radius 1 is 1.47 bits per heavy atom. The molecule has 1 heterocycles. The fourth-order valence-electron chi connectivity index (χ4n) is 1.45. The van der Waals surface area contributed by atoms with Gasteiger partial charge in [0.25, 0.3) is 0 Å². The number of imidazole rings is 1. The molecule has 0 aliphatic heterocycles. The van der Waals surface area contributed by atoms with Crippen molar-refractivity contribution in [3.8, 4) is 0 Å². The molecule has 2 unspecified atom stereocenters. The highest BCUT2D eigenvalue weighted by molar-refractivity contribution is 5.78. The summed E-state index contributed by atoms with van der Waals surface area (Å²) in [4.78, 5) is 15.5. The number of carbonyl (C=O) groups excluding carboxylic acids is 1. The van der Waals surface area contributed by atoms with Crippen molar-refractivity contribution in [1.82, 2.24) is 14.9 Å². The number of nitrogens with zero attached hydrogens (tertiary/aromatic N) is 2. The summed E-state index contributed by atoms with van der Waals surface area (Å²) >= 11 is 0. The predicted octanol–water partition coefficient (Wildman–Crippen LogP) is 0.763. The summed E-state index contributed by atoms with van der Waals surface area (Å²) in [5, 5.41) is 2.90. The van der Waals surface area contributed by atoms with E-state index in [1.165, 1.54) is 0 Å². The van der Waals surface area contributed by atoms with Crippen molar-refractivity contribution in [3.63, 3.8) is 0 Å². The highest BCUT2D eigenvalue weighted by Gasteiger charge is 2.15. The van der Waals surface area contributed by atoms with E-state index < -0.39 is 0 Å². The first kappa shape index (κ1) is 13.7. The molecule has 2 atom stereocenters. The molecule has 0 spiro atoms. The number of nitrogens with two attached hydrogens (primary N) is 1. The molecule has 0 aliphatic carbocycles. The third-order valence-corrected chi connectivity index (χ3v) is 2.90. The molecule has 0 aliphatic rings. The Morgan fingerprint density at radius 3 is 2.82 bits per heavy atom. The molecule has 0 fully saturated rings. The Kier molecular flexibility index (Phi) is 5.69. The molecule has 17 heavy (non-hydrogen) atoms. The topological polar surface area (TPSA) is 72.9 Å². The van der Waals surface area contributed by atoms with Gasteiger partial charge in [-0.2, -0.15) is 0 Å². The number of aromatic nitrogens is 2. The minimum atomic E-state index is -0.122. The third kappa shape index (κ3) is 4.99. The minimum Gasteiger partial charge on any atom is -0.356 e. The van der Waals surface area contributed by atoms with E-state index in [0.717, 1.165) is 19.4 Å². The van der Waals surface area contributed by atoms with E-state index in [2.05, 4.69) is 10.3 Å². The number of unbranched alkanes of at least 4 members (excludes halogenated alkanes) is 1. The first-order valence-corrected chi connectivity index (χ1v) is 6.10. The fraction of sp³-hybridized carbons (Fsp3) is 0.667. The Bertz CT molecular complexity index is 321. The number of rotatable bonds is 7. The number of hydrogen-bond donors (Lipinski definition) is 2. The maximum atomic E-state index is 11.6. The number of nitrogens with one attached hydrogen (secondary N) is 1. The molecule has 96 valence electrons. The van der Waals surface area contributed by atoms with E-state index in [0.29, 0.717) is 6.54 Å². The quantitative estimate of drug-likeness (QED) is 0.689. The summed E-state index contributed by atoms with van der Waals surface area (Å²) in [7, 11) is 0. The summed E-state index contributed by atoms with van der Waals surface area (Å²) in [5.74, 6) is -0.0775. The molecular formula is C12H22N4O. The van der Waals surface area contributed by atoms with Crippen LogP contribution in [0.1, 0.15) is 26.7 Å². The van der Waals surface area contributed by atoms with Crippen molar-refractivity contribution in [1.29, 1.82) is 0 Å². The van der Waals surface area contributed by atoms with Crippen LogP contribution in [-0.2, 0) is 11.3 Å². The zero-order valence-corrected chi connectivity index (χ0v) is 10.6. The van der Waals surface area contributed by atoms with Crippen LogP contribution in [0.5, 0.6) is 0 Å². The zero-order valence-electron chi connectivity index (χ0n) is 10.6. The molecule has 1 aromatic heterocycles. The van der Waals surface area contributed by atoms with E-state index in [-0.39, 0.29) is 17.9 Å². The van der Waals surface area contributed by atoms with E-state index in [9.17, 15) is 4.79 Å². The van der Waals surface area contributed by atoms with Crippen LogP contribution in [0.15, 0.2) is 18.7 Å². The van der Waals surface area contributed by atoms with Crippen LogP contribution in [0, 0.1) is 5.92 Å². The maximum absolute atomic E-state index is 11.6. The van der Waals surface area contributed by atoms with Crippen LogP contribution in [-0.4, -0.2) is 28.0 Å². The van der Waals surface area contributed by atoms with Crippen LogP contribution < -0.4 is 11.1 Å².